The largest absolute Gasteiger partial charge is 0.484 e. The second-order valence-electron chi connectivity index (χ2n) is 4.93. The van der Waals surface area contributed by atoms with Gasteiger partial charge in [-0.25, -0.2) is 0 Å². The summed E-state index contributed by atoms with van der Waals surface area (Å²) < 4.78 is 40.6. The number of rotatable bonds is 9. The Bertz CT molecular complexity index is 453. The van der Waals surface area contributed by atoms with Crippen molar-refractivity contribution in [2.75, 3.05) is 18.5 Å². The SMILES string of the molecule is Cl.NCCCCCCC(=O)Nc1ccc(OCC(F)(F)F)cc1. The van der Waals surface area contributed by atoms with Crippen LogP contribution in [0.5, 0.6) is 5.75 Å². The van der Waals surface area contributed by atoms with Crippen molar-refractivity contribution in [2.45, 2.75) is 38.3 Å². The summed E-state index contributed by atoms with van der Waals surface area (Å²) in [6, 6.07) is 5.81. The molecule has 0 aliphatic rings. The van der Waals surface area contributed by atoms with Gasteiger partial charge in [-0.3, -0.25) is 4.79 Å². The van der Waals surface area contributed by atoms with Crippen molar-refractivity contribution in [2.24, 2.45) is 5.73 Å². The molecule has 0 atom stereocenters. The zero-order valence-corrected chi connectivity index (χ0v) is 13.5. The second kappa shape index (κ2) is 11.1. The lowest BCUT2D eigenvalue weighted by Crippen LogP contribution is -2.19. The van der Waals surface area contributed by atoms with Gasteiger partial charge in [0, 0.05) is 12.1 Å². The third-order valence-corrected chi connectivity index (χ3v) is 2.90. The maximum absolute atomic E-state index is 12.0. The van der Waals surface area contributed by atoms with E-state index in [-0.39, 0.29) is 24.1 Å². The summed E-state index contributed by atoms with van der Waals surface area (Å²) in [5, 5.41) is 2.69. The van der Waals surface area contributed by atoms with E-state index in [2.05, 4.69) is 10.1 Å². The van der Waals surface area contributed by atoms with Crippen LogP contribution in [0.3, 0.4) is 0 Å². The molecular weight excluding hydrogens is 333 g/mol. The van der Waals surface area contributed by atoms with E-state index in [9.17, 15) is 18.0 Å². The monoisotopic (exact) mass is 354 g/mol. The summed E-state index contributed by atoms with van der Waals surface area (Å²) in [7, 11) is 0. The Morgan fingerprint density at radius 1 is 1.09 bits per heavy atom. The fourth-order valence-corrected chi connectivity index (χ4v) is 1.81. The highest BCUT2D eigenvalue weighted by Gasteiger charge is 2.28. The minimum Gasteiger partial charge on any atom is -0.484 e. The van der Waals surface area contributed by atoms with Crippen LogP contribution in [0.25, 0.3) is 0 Å². The molecule has 0 heterocycles. The Kier molecular flexibility index (Phi) is 10.4. The van der Waals surface area contributed by atoms with Crippen molar-refractivity contribution in [3.63, 3.8) is 0 Å². The molecule has 23 heavy (non-hydrogen) atoms. The number of halogens is 4. The van der Waals surface area contributed by atoms with Gasteiger partial charge in [0.2, 0.25) is 5.91 Å². The van der Waals surface area contributed by atoms with Crippen LogP contribution in [0.1, 0.15) is 32.1 Å². The number of amides is 1. The number of anilines is 1. The highest BCUT2D eigenvalue weighted by Crippen LogP contribution is 2.20. The molecule has 1 aromatic rings. The maximum atomic E-state index is 12.0. The number of nitrogens with one attached hydrogen (secondary N) is 1. The standard InChI is InChI=1S/C15H21F3N2O2.ClH/c16-15(17,18)11-22-13-8-6-12(7-9-13)20-14(21)5-3-1-2-4-10-19;/h6-9H,1-5,10-11,19H2,(H,20,21);1H. The molecule has 0 radical (unpaired) electrons. The molecular formula is C15H22ClF3N2O2. The Morgan fingerprint density at radius 3 is 2.26 bits per heavy atom. The van der Waals surface area contributed by atoms with Gasteiger partial charge in [0.25, 0.3) is 0 Å². The summed E-state index contributed by atoms with van der Waals surface area (Å²) in [4.78, 5) is 11.7. The van der Waals surface area contributed by atoms with Crippen molar-refractivity contribution in [3.05, 3.63) is 24.3 Å². The topological polar surface area (TPSA) is 64.4 Å². The van der Waals surface area contributed by atoms with Crippen LogP contribution in [0.15, 0.2) is 24.3 Å². The van der Waals surface area contributed by atoms with E-state index < -0.39 is 12.8 Å². The number of benzene rings is 1. The predicted octanol–water partition coefficient (Wildman–Crippen LogP) is 3.90. The zero-order chi connectivity index (χ0) is 16.4. The first-order valence-corrected chi connectivity index (χ1v) is 7.20. The number of nitrogens with two attached hydrogens (primary N) is 1. The van der Waals surface area contributed by atoms with Crippen LogP contribution < -0.4 is 15.8 Å². The summed E-state index contributed by atoms with van der Waals surface area (Å²) in [5.74, 6) is -0.00573. The fraction of sp³-hybridized carbons (Fsp3) is 0.533. The van der Waals surface area contributed by atoms with E-state index >= 15 is 0 Å². The molecule has 1 rings (SSSR count). The molecule has 0 saturated carbocycles. The lowest BCUT2D eigenvalue weighted by molar-refractivity contribution is -0.153. The number of carbonyl (C=O) groups excluding carboxylic acids is 1. The Hall–Kier alpha value is -1.47. The number of unbranched alkanes of at least 4 members (excludes halogenated alkanes) is 3. The minimum absolute atomic E-state index is 0. The third-order valence-electron chi connectivity index (χ3n) is 2.90. The van der Waals surface area contributed by atoms with Crippen LogP contribution in [0.2, 0.25) is 0 Å². The number of hydrogen-bond acceptors (Lipinski definition) is 3. The van der Waals surface area contributed by atoms with Crippen molar-refractivity contribution in [3.8, 4) is 5.75 Å². The van der Waals surface area contributed by atoms with Crippen LogP contribution in [0, 0.1) is 0 Å². The average Bonchev–Trinajstić information content (AvgIpc) is 2.45. The van der Waals surface area contributed by atoms with E-state index in [1.54, 1.807) is 0 Å². The molecule has 0 aliphatic heterocycles. The molecule has 0 aliphatic carbocycles. The quantitative estimate of drug-likeness (QED) is 0.661. The van der Waals surface area contributed by atoms with Crippen molar-refractivity contribution < 1.29 is 22.7 Å². The lowest BCUT2D eigenvalue weighted by atomic mass is 10.1. The average molecular weight is 355 g/mol. The Labute approximate surface area is 140 Å². The van der Waals surface area contributed by atoms with Gasteiger partial charge in [0.15, 0.2) is 6.61 Å². The van der Waals surface area contributed by atoms with Crippen molar-refractivity contribution in [1.82, 2.24) is 0 Å². The smallest absolute Gasteiger partial charge is 0.422 e. The zero-order valence-electron chi connectivity index (χ0n) is 12.7. The maximum Gasteiger partial charge on any atom is 0.422 e. The highest BCUT2D eigenvalue weighted by molar-refractivity contribution is 5.90. The van der Waals surface area contributed by atoms with E-state index in [0.29, 0.717) is 18.7 Å². The first-order chi connectivity index (χ1) is 10.4. The van der Waals surface area contributed by atoms with Crippen LogP contribution in [-0.2, 0) is 4.79 Å². The molecule has 132 valence electrons. The highest BCUT2D eigenvalue weighted by atomic mass is 35.5. The third kappa shape index (κ3) is 10.8. The van der Waals surface area contributed by atoms with Gasteiger partial charge in [-0.05, 0) is 43.7 Å². The van der Waals surface area contributed by atoms with Gasteiger partial charge < -0.3 is 15.8 Å². The molecule has 0 saturated heterocycles. The normalized spacial score (nSPS) is 10.8. The second-order valence-corrected chi connectivity index (χ2v) is 4.93. The lowest BCUT2D eigenvalue weighted by Gasteiger charge is -2.10. The predicted molar refractivity (Wildman–Crippen MR) is 86.0 cm³/mol. The first-order valence-electron chi connectivity index (χ1n) is 7.20. The van der Waals surface area contributed by atoms with Gasteiger partial charge in [-0.2, -0.15) is 13.2 Å². The molecule has 4 nitrogen and oxygen atoms in total. The summed E-state index contributed by atoms with van der Waals surface area (Å²) in [6.45, 7) is -0.670. The van der Waals surface area contributed by atoms with Gasteiger partial charge in [0.05, 0.1) is 0 Å². The van der Waals surface area contributed by atoms with Crippen LogP contribution >= 0.6 is 12.4 Å². The minimum atomic E-state index is -4.36. The molecule has 8 heteroatoms. The van der Waals surface area contributed by atoms with Gasteiger partial charge in [-0.1, -0.05) is 12.8 Å². The van der Waals surface area contributed by atoms with Gasteiger partial charge in [-0.15, -0.1) is 12.4 Å². The number of hydrogen-bond donors (Lipinski definition) is 2. The molecule has 0 spiro atoms. The molecule has 0 unspecified atom stereocenters. The molecule has 0 aromatic heterocycles. The summed E-state index contributed by atoms with van der Waals surface area (Å²) in [6.07, 6.45) is -0.239. The van der Waals surface area contributed by atoms with E-state index in [4.69, 9.17) is 5.73 Å². The van der Waals surface area contributed by atoms with Crippen molar-refractivity contribution in [1.29, 1.82) is 0 Å². The summed E-state index contributed by atoms with van der Waals surface area (Å²) >= 11 is 0. The van der Waals surface area contributed by atoms with Crippen molar-refractivity contribution >= 4 is 24.0 Å². The molecule has 1 aromatic carbocycles. The van der Waals surface area contributed by atoms with Crippen LogP contribution in [0.4, 0.5) is 18.9 Å². The molecule has 3 N–H and O–H groups in total. The Morgan fingerprint density at radius 2 is 1.70 bits per heavy atom. The van der Waals surface area contributed by atoms with E-state index in [1.165, 1.54) is 24.3 Å². The van der Waals surface area contributed by atoms with Crippen LogP contribution in [-0.4, -0.2) is 25.2 Å². The van der Waals surface area contributed by atoms with E-state index in [0.717, 1.165) is 25.7 Å². The number of alkyl halides is 3. The first kappa shape index (κ1) is 21.5. The fourth-order valence-electron chi connectivity index (χ4n) is 1.81. The van der Waals surface area contributed by atoms with E-state index in [1.807, 2.05) is 0 Å². The van der Waals surface area contributed by atoms with Gasteiger partial charge >= 0.3 is 6.18 Å². The molecule has 1 amide bonds. The van der Waals surface area contributed by atoms with Gasteiger partial charge in [0.1, 0.15) is 5.75 Å². The molecule has 0 fully saturated rings. The Balaban J connectivity index is 0.00000484. The number of carbonyl (C=O) groups is 1. The number of ether oxygens (including phenoxy) is 1. The molecule has 0 bridgehead atoms. The summed E-state index contributed by atoms with van der Waals surface area (Å²) in [5.41, 5.74) is 5.91.